The molecule has 6 nitrogen and oxygen atoms in total. The molecular formula is C21H25F4N3O3. The van der Waals surface area contributed by atoms with Crippen LogP contribution in [0.1, 0.15) is 42.6 Å². The molecule has 3 amide bonds. The largest absolute Gasteiger partial charge is 0.416 e. The molecule has 3 unspecified atom stereocenters. The maximum absolute atomic E-state index is 13.1. The average Bonchev–Trinajstić information content (AvgIpc) is 2.71. The van der Waals surface area contributed by atoms with Crippen LogP contribution in [0.15, 0.2) is 24.3 Å². The lowest BCUT2D eigenvalue weighted by Crippen LogP contribution is -2.70. The fourth-order valence-electron chi connectivity index (χ4n) is 4.16. The number of halogens is 4. The first-order chi connectivity index (χ1) is 14.5. The Labute approximate surface area is 177 Å². The first kappa shape index (κ1) is 23.0. The molecule has 1 aromatic rings. The molecule has 0 spiro atoms. The lowest BCUT2D eigenvalue weighted by atomic mass is 10.0. The zero-order valence-electron chi connectivity index (χ0n) is 17.4. The minimum absolute atomic E-state index is 0.0265. The van der Waals surface area contributed by atoms with E-state index in [2.05, 4.69) is 0 Å². The molecule has 0 bridgehead atoms. The molecule has 2 heterocycles. The highest BCUT2D eigenvalue weighted by atomic mass is 19.4. The molecule has 2 aliphatic rings. The van der Waals surface area contributed by atoms with Crippen molar-refractivity contribution < 1.29 is 31.9 Å². The van der Waals surface area contributed by atoms with Gasteiger partial charge in [-0.3, -0.25) is 18.8 Å². The minimum Gasteiger partial charge on any atom is -0.337 e. The summed E-state index contributed by atoms with van der Waals surface area (Å²) < 4.78 is 51.1. The molecule has 0 aromatic heterocycles. The third-order valence-electron chi connectivity index (χ3n) is 5.86. The second-order valence-corrected chi connectivity index (χ2v) is 8.11. The summed E-state index contributed by atoms with van der Waals surface area (Å²) in [5.41, 5.74) is -0.784. The summed E-state index contributed by atoms with van der Waals surface area (Å²) in [5.74, 6) is -1.11. The van der Waals surface area contributed by atoms with Crippen molar-refractivity contribution in [1.82, 2.24) is 14.7 Å². The minimum atomic E-state index is -4.51. The molecule has 2 fully saturated rings. The first-order valence-electron chi connectivity index (χ1n) is 10.2. The van der Waals surface area contributed by atoms with Gasteiger partial charge in [0.05, 0.1) is 18.8 Å². The van der Waals surface area contributed by atoms with Gasteiger partial charge in [0.1, 0.15) is 12.2 Å². The molecule has 1 aromatic carbocycles. The van der Waals surface area contributed by atoms with E-state index in [1.54, 1.807) is 6.92 Å². The van der Waals surface area contributed by atoms with Crippen molar-refractivity contribution in [2.24, 2.45) is 5.92 Å². The van der Waals surface area contributed by atoms with E-state index in [4.69, 9.17) is 0 Å². The summed E-state index contributed by atoms with van der Waals surface area (Å²) >= 11 is 0. The van der Waals surface area contributed by atoms with Crippen molar-refractivity contribution in [3.8, 4) is 0 Å². The van der Waals surface area contributed by atoms with Gasteiger partial charge < -0.3 is 14.7 Å². The second kappa shape index (κ2) is 8.84. The molecule has 0 radical (unpaired) electrons. The predicted octanol–water partition coefficient (Wildman–Crippen LogP) is 2.93. The zero-order chi connectivity index (χ0) is 22.9. The maximum atomic E-state index is 13.1. The topological polar surface area (TPSA) is 60.9 Å². The van der Waals surface area contributed by atoms with Crippen molar-refractivity contribution in [2.75, 3.05) is 26.3 Å². The van der Waals surface area contributed by atoms with Crippen molar-refractivity contribution in [3.05, 3.63) is 35.4 Å². The quantitative estimate of drug-likeness (QED) is 0.658. The number of carbonyl (C=O) groups excluding carboxylic acids is 3. The Balaban J connectivity index is 1.84. The van der Waals surface area contributed by atoms with E-state index >= 15 is 0 Å². The number of fused-ring (bicyclic) bond motifs is 1. The number of rotatable bonds is 5. The average molecular weight is 443 g/mol. The van der Waals surface area contributed by atoms with Crippen LogP contribution >= 0.6 is 0 Å². The fraction of sp³-hybridized carbons (Fsp3) is 0.571. The van der Waals surface area contributed by atoms with Gasteiger partial charge in [0.15, 0.2) is 0 Å². The second-order valence-electron chi connectivity index (χ2n) is 8.11. The highest BCUT2D eigenvalue weighted by molar-refractivity contribution is 5.97. The zero-order valence-corrected chi connectivity index (χ0v) is 17.4. The van der Waals surface area contributed by atoms with Crippen LogP contribution in [0.4, 0.5) is 17.6 Å². The Bertz CT molecular complexity index is 843. The lowest BCUT2D eigenvalue weighted by molar-refractivity contribution is -0.166. The smallest absolute Gasteiger partial charge is 0.337 e. The van der Waals surface area contributed by atoms with Crippen LogP contribution in [-0.2, 0) is 15.8 Å². The van der Waals surface area contributed by atoms with Crippen molar-refractivity contribution in [2.45, 2.75) is 45.1 Å². The first-order valence-corrected chi connectivity index (χ1v) is 10.2. The third-order valence-corrected chi connectivity index (χ3v) is 5.86. The van der Waals surface area contributed by atoms with E-state index < -0.39 is 36.5 Å². The number of benzene rings is 1. The molecule has 10 heteroatoms. The van der Waals surface area contributed by atoms with Crippen LogP contribution in [0.25, 0.3) is 0 Å². The molecule has 0 N–H and O–H groups in total. The molecule has 3 atom stereocenters. The molecular weight excluding hydrogens is 418 g/mol. The van der Waals surface area contributed by atoms with E-state index in [1.807, 2.05) is 6.92 Å². The van der Waals surface area contributed by atoms with E-state index in [1.165, 1.54) is 14.7 Å². The highest BCUT2D eigenvalue weighted by Gasteiger charge is 2.47. The summed E-state index contributed by atoms with van der Waals surface area (Å²) in [5, 5.41) is 0. The summed E-state index contributed by atoms with van der Waals surface area (Å²) in [6.07, 6.45) is -4.91. The van der Waals surface area contributed by atoms with Crippen LogP contribution in [0.3, 0.4) is 0 Å². The maximum Gasteiger partial charge on any atom is 0.416 e. The van der Waals surface area contributed by atoms with Crippen LogP contribution < -0.4 is 0 Å². The number of nitrogens with zero attached hydrogens (tertiary/aromatic N) is 3. The van der Waals surface area contributed by atoms with Crippen molar-refractivity contribution in [3.63, 3.8) is 0 Å². The SMILES string of the molecule is CC(CCF)CN1CC2N(C(=O)c3ccc(C(F)(F)F)cc3)CCC(=O)N2C(C)C1=O. The van der Waals surface area contributed by atoms with Gasteiger partial charge in [0.25, 0.3) is 5.91 Å². The third kappa shape index (κ3) is 4.67. The van der Waals surface area contributed by atoms with E-state index in [-0.39, 0.29) is 42.8 Å². The van der Waals surface area contributed by atoms with Gasteiger partial charge in [0.2, 0.25) is 11.8 Å². The molecule has 31 heavy (non-hydrogen) atoms. The van der Waals surface area contributed by atoms with Gasteiger partial charge in [-0.2, -0.15) is 13.2 Å². The van der Waals surface area contributed by atoms with E-state index in [0.29, 0.717) is 13.0 Å². The molecule has 0 saturated carbocycles. The predicted molar refractivity (Wildman–Crippen MR) is 104 cm³/mol. The Kier molecular flexibility index (Phi) is 6.56. The Hall–Kier alpha value is -2.65. The summed E-state index contributed by atoms with van der Waals surface area (Å²) in [4.78, 5) is 42.7. The monoisotopic (exact) mass is 443 g/mol. The normalized spacial score (nSPS) is 23.1. The van der Waals surface area contributed by atoms with Crippen molar-refractivity contribution in [1.29, 1.82) is 0 Å². The van der Waals surface area contributed by atoms with Crippen molar-refractivity contribution >= 4 is 17.7 Å². The lowest BCUT2D eigenvalue weighted by Gasteiger charge is -2.51. The van der Waals surface area contributed by atoms with Gasteiger partial charge in [-0.15, -0.1) is 0 Å². The van der Waals surface area contributed by atoms with Crippen LogP contribution in [0.5, 0.6) is 0 Å². The number of carbonyl (C=O) groups is 3. The molecule has 3 rings (SSSR count). The van der Waals surface area contributed by atoms with Crippen LogP contribution in [0.2, 0.25) is 0 Å². The highest BCUT2D eigenvalue weighted by Crippen LogP contribution is 2.31. The van der Waals surface area contributed by atoms with Gasteiger partial charge in [-0.25, -0.2) is 0 Å². The van der Waals surface area contributed by atoms with Gasteiger partial charge >= 0.3 is 6.18 Å². The van der Waals surface area contributed by atoms with Gasteiger partial charge in [-0.05, 0) is 43.5 Å². The Morgan fingerprint density at radius 1 is 1.19 bits per heavy atom. The summed E-state index contributed by atoms with van der Waals surface area (Å²) in [7, 11) is 0. The fourth-order valence-corrected chi connectivity index (χ4v) is 4.16. The van der Waals surface area contributed by atoms with Gasteiger partial charge in [0, 0.05) is 25.1 Å². The molecule has 2 aliphatic heterocycles. The summed E-state index contributed by atoms with van der Waals surface area (Å²) in [6, 6.07) is 3.14. The number of piperazine rings is 1. The number of hydrogen-bond acceptors (Lipinski definition) is 3. The van der Waals surface area contributed by atoms with Gasteiger partial charge in [-0.1, -0.05) is 6.92 Å². The van der Waals surface area contributed by atoms with Crippen LogP contribution in [-0.4, -0.2) is 70.9 Å². The van der Waals surface area contributed by atoms with E-state index in [9.17, 15) is 31.9 Å². The molecule has 0 aliphatic carbocycles. The molecule has 2 saturated heterocycles. The number of amides is 3. The number of alkyl halides is 4. The van der Waals surface area contributed by atoms with Crippen LogP contribution in [0, 0.1) is 5.92 Å². The standard InChI is InChI=1S/C21H25F4N3O3/c1-13(7-9-22)11-26-12-17-27(10-8-18(29)28(17)14(2)19(26)30)20(31)15-3-5-16(6-4-15)21(23,24)25/h3-6,13-14,17H,7-12H2,1-2H3. The number of hydrogen-bond donors (Lipinski definition) is 0. The van der Waals surface area contributed by atoms with E-state index in [0.717, 1.165) is 24.3 Å². The Morgan fingerprint density at radius 3 is 2.42 bits per heavy atom. The molecule has 170 valence electrons. The summed E-state index contributed by atoms with van der Waals surface area (Å²) in [6.45, 7) is 3.39. The Morgan fingerprint density at radius 2 is 1.84 bits per heavy atom.